The molecule has 6 heteroatoms. The fourth-order valence-corrected chi connectivity index (χ4v) is 2.51. The Bertz CT molecular complexity index is 288. The number of amides is 1. The van der Waals surface area contributed by atoms with Gasteiger partial charge in [0.05, 0.1) is 0 Å². The second kappa shape index (κ2) is 7.12. The SMILES string of the molecule is CCN(C(=O)C(C)OCC(F)(F)F)C1CCCCC1. The quantitative estimate of drug-likeness (QED) is 0.775. The van der Waals surface area contributed by atoms with Crippen molar-refractivity contribution in [3.05, 3.63) is 0 Å². The molecular formula is C13H22F3NO2. The third kappa shape index (κ3) is 5.38. The molecule has 1 amide bonds. The number of nitrogens with zero attached hydrogens (tertiary/aromatic N) is 1. The van der Waals surface area contributed by atoms with Crippen molar-refractivity contribution in [2.75, 3.05) is 13.2 Å². The highest BCUT2D eigenvalue weighted by Gasteiger charge is 2.32. The zero-order valence-electron chi connectivity index (χ0n) is 11.5. The number of rotatable bonds is 5. The van der Waals surface area contributed by atoms with Crippen molar-refractivity contribution in [2.45, 2.75) is 64.3 Å². The molecule has 0 spiro atoms. The van der Waals surface area contributed by atoms with Crippen LogP contribution in [0.4, 0.5) is 13.2 Å². The van der Waals surface area contributed by atoms with Crippen LogP contribution in [0.15, 0.2) is 0 Å². The van der Waals surface area contributed by atoms with E-state index in [1.165, 1.54) is 13.3 Å². The summed E-state index contributed by atoms with van der Waals surface area (Å²) < 4.78 is 40.8. The van der Waals surface area contributed by atoms with Crippen molar-refractivity contribution in [3.63, 3.8) is 0 Å². The van der Waals surface area contributed by atoms with Gasteiger partial charge >= 0.3 is 6.18 Å². The summed E-state index contributed by atoms with van der Waals surface area (Å²) in [6.07, 6.45) is -0.238. The second-order valence-corrected chi connectivity index (χ2v) is 4.98. The Hall–Kier alpha value is -0.780. The zero-order chi connectivity index (χ0) is 14.5. The van der Waals surface area contributed by atoms with Crippen molar-refractivity contribution >= 4 is 5.91 Å². The number of carbonyl (C=O) groups is 1. The van der Waals surface area contributed by atoms with Gasteiger partial charge in [-0.15, -0.1) is 0 Å². The summed E-state index contributed by atoms with van der Waals surface area (Å²) in [5.74, 6) is -0.335. The van der Waals surface area contributed by atoms with Gasteiger partial charge in [0.25, 0.3) is 5.91 Å². The van der Waals surface area contributed by atoms with Crippen molar-refractivity contribution in [3.8, 4) is 0 Å². The van der Waals surface area contributed by atoms with Crippen LogP contribution in [0.3, 0.4) is 0 Å². The minimum absolute atomic E-state index is 0.156. The highest BCUT2D eigenvalue weighted by molar-refractivity contribution is 5.80. The van der Waals surface area contributed by atoms with Gasteiger partial charge in [-0.3, -0.25) is 4.79 Å². The first-order chi connectivity index (χ1) is 8.85. The van der Waals surface area contributed by atoms with Gasteiger partial charge in [0.2, 0.25) is 0 Å². The maximum Gasteiger partial charge on any atom is 0.411 e. The van der Waals surface area contributed by atoms with E-state index in [4.69, 9.17) is 0 Å². The monoisotopic (exact) mass is 281 g/mol. The Morgan fingerprint density at radius 1 is 1.32 bits per heavy atom. The van der Waals surface area contributed by atoms with Gasteiger partial charge in [0.1, 0.15) is 12.7 Å². The van der Waals surface area contributed by atoms with Crippen LogP contribution in [0.5, 0.6) is 0 Å². The normalized spacial score (nSPS) is 19.2. The zero-order valence-corrected chi connectivity index (χ0v) is 11.5. The number of alkyl halides is 3. The molecule has 0 aromatic heterocycles. The van der Waals surface area contributed by atoms with E-state index in [-0.39, 0.29) is 11.9 Å². The molecule has 0 aromatic carbocycles. The summed E-state index contributed by atoms with van der Waals surface area (Å²) in [6.45, 7) is 2.38. The number of hydrogen-bond acceptors (Lipinski definition) is 2. The Labute approximate surface area is 112 Å². The number of halogens is 3. The van der Waals surface area contributed by atoms with Gasteiger partial charge in [-0.25, -0.2) is 0 Å². The first kappa shape index (κ1) is 16.3. The number of ether oxygens (including phenoxy) is 1. The van der Waals surface area contributed by atoms with Crippen LogP contribution < -0.4 is 0 Å². The smallest absolute Gasteiger partial charge is 0.359 e. The van der Waals surface area contributed by atoms with Gasteiger partial charge in [-0.05, 0) is 26.7 Å². The molecule has 0 N–H and O–H groups in total. The van der Waals surface area contributed by atoms with E-state index in [0.29, 0.717) is 6.54 Å². The van der Waals surface area contributed by atoms with E-state index < -0.39 is 18.9 Å². The number of likely N-dealkylation sites (N-methyl/N-ethyl adjacent to an activating group) is 1. The van der Waals surface area contributed by atoms with Crippen molar-refractivity contribution in [1.29, 1.82) is 0 Å². The molecule has 19 heavy (non-hydrogen) atoms. The average Bonchev–Trinajstić information content (AvgIpc) is 2.37. The Kier molecular flexibility index (Phi) is 6.10. The summed E-state index contributed by atoms with van der Waals surface area (Å²) in [5, 5.41) is 0. The lowest BCUT2D eigenvalue weighted by Gasteiger charge is -2.35. The van der Waals surface area contributed by atoms with Gasteiger partial charge in [0.15, 0.2) is 0 Å². The lowest BCUT2D eigenvalue weighted by molar-refractivity contribution is -0.189. The summed E-state index contributed by atoms with van der Waals surface area (Å²) in [4.78, 5) is 13.8. The van der Waals surface area contributed by atoms with Crippen LogP contribution in [0.25, 0.3) is 0 Å². The fraction of sp³-hybridized carbons (Fsp3) is 0.923. The molecule has 0 saturated heterocycles. The third-order valence-electron chi connectivity index (χ3n) is 3.48. The molecule has 112 valence electrons. The standard InChI is InChI=1S/C13H22F3NO2/c1-3-17(11-7-5-4-6-8-11)12(18)10(2)19-9-13(14,15)16/h10-11H,3-9H2,1-2H3. The lowest BCUT2D eigenvalue weighted by Crippen LogP contribution is -2.46. The van der Waals surface area contributed by atoms with Gasteiger partial charge in [-0.1, -0.05) is 19.3 Å². The number of carbonyl (C=O) groups excluding carboxylic acids is 1. The van der Waals surface area contributed by atoms with Crippen molar-refractivity contribution in [1.82, 2.24) is 4.90 Å². The summed E-state index contributed by atoms with van der Waals surface area (Å²) in [6, 6.07) is 0.156. The molecule has 0 aliphatic heterocycles. The molecule has 1 fully saturated rings. The maximum atomic E-state index is 12.1. The van der Waals surface area contributed by atoms with Gasteiger partial charge in [-0.2, -0.15) is 13.2 Å². The molecule has 0 radical (unpaired) electrons. The predicted molar refractivity (Wildman–Crippen MR) is 65.7 cm³/mol. The van der Waals surface area contributed by atoms with E-state index in [9.17, 15) is 18.0 Å². The molecule has 0 heterocycles. The Balaban J connectivity index is 2.52. The summed E-state index contributed by atoms with van der Waals surface area (Å²) in [7, 11) is 0. The number of hydrogen-bond donors (Lipinski definition) is 0. The minimum Gasteiger partial charge on any atom is -0.359 e. The van der Waals surface area contributed by atoms with Crippen LogP contribution in [-0.4, -0.2) is 42.3 Å². The van der Waals surface area contributed by atoms with Crippen LogP contribution in [-0.2, 0) is 9.53 Å². The molecule has 1 saturated carbocycles. The molecule has 0 aromatic rings. The molecular weight excluding hydrogens is 259 g/mol. The molecule has 1 unspecified atom stereocenters. The van der Waals surface area contributed by atoms with E-state index in [1.54, 1.807) is 4.90 Å². The van der Waals surface area contributed by atoms with Crippen LogP contribution in [0.1, 0.15) is 46.0 Å². The molecule has 3 nitrogen and oxygen atoms in total. The minimum atomic E-state index is -4.39. The highest BCUT2D eigenvalue weighted by Crippen LogP contribution is 2.23. The van der Waals surface area contributed by atoms with Crippen LogP contribution >= 0.6 is 0 Å². The van der Waals surface area contributed by atoms with E-state index in [2.05, 4.69) is 4.74 Å². The molecule has 1 rings (SSSR count). The van der Waals surface area contributed by atoms with E-state index >= 15 is 0 Å². The predicted octanol–water partition coefficient (Wildman–Crippen LogP) is 3.14. The topological polar surface area (TPSA) is 29.5 Å². The average molecular weight is 281 g/mol. The van der Waals surface area contributed by atoms with Crippen molar-refractivity contribution < 1.29 is 22.7 Å². The Morgan fingerprint density at radius 3 is 2.37 bits per heavy atom. The van der Waals surface area contributed by atoms with Gasteiger partial charge < -0.3 is 9.64 Å². The summed E-state index contributed by atoms with van der Waals surface area (Å²) in [5.41, 5.74) is 0. The summed E-state index contributed by atoms with van der Waals surface area (Å²) >= 11 is 0. The molecule has 1 aliphatic carbocycles. The largest absolute Gasteiger partial charge is 0.411 e. The molecule has 1 atom stereocenters. The molecule has 1 aliphatic rings. The van der Waals surface area contributed by atoms with Crippen LogP contribution in [0, 0.1) is 0 Å². The first-order valence-electron chi connectivity index (χ1n) is 6.84. The maximum absolute atomic E-state index is 12.1. The van der Waals surface area contributed by atoms with Gasteiger partial charge in [0, 0.05) is 12.6 Å². The fourth-order valence-electron chi connectivity index (χ4n) is 2.51. The lowest BCUT2D eigenvalue weighted by atomic mass is 9.94. The molecule has 0 bridgehead atoms. The second-order valence-electron chi connectivity index (χ2n) is 4.98. The van der Waals surface area contributed by atoms with E-state index in [1.807, 2.05) is 6.92 Å². The van der Waals surface area contributed by atoms with Crippen LogP contribution in [0.2, 0.25) is 0 Å². The third-order valence-corrected chi connectivity index (χ3v) is 3.48. The van der Waals surface area contributed by atoms with Crippen molar-refractivity contribution in [2.24, 2.45) is 0 Å². The highest BCUT2D eigenvalue weighted by atomic mass is 19.4. The van der Waals surface area contributed by atoms with E-state index in [0.717, 1.165) is 25.7 Å². The Morgan fingerprint density at radius 2 is 1.89 bits per heavy atom. The first-order valence-corrected chi connectivity index (χ1v) is 6.84.